The smallest absolute Gasteiger partial charge is 0.342 e. The molecule has 0 N–H and O–H groups in total. The predicted octanol–water partition coefficient (Wildman–Crippen LogP) is 2.54. The molecule has 1 aliphatic heterocycles. The Balaban J connectivity index is 1.61. The fourth-order valence-corrected chi connectivity index (χ4v) is 2.92. The number of amides is 2. The van der Waals surface area contributed by atoms with Crippen LogP contribution in [0.1, 0.15) is 50.2 Å². The number of ether oxygens (including phenoxy) is 1. The summed E-state index contributed by atoms with van der Waals surface area (Å²) < 4.78 is 4.87. The lowest BCUT2D eigenvalue weighted by molar-refractivity contribution is 0.0524. The van der Waals surface area contributed by atoms with Crippen molar-refractivity contribution in [1.29, 1.82) is 0 Å². The van der Waals surface area contributed by atoms with E-state index in [2.05, 4.69) is 9.97 Å². The first-order valence-corrected chi connectivity index (χ1v) is 8.54. The summed E-state index contributed by atoms with van der Waals surface area (Å²) in [6.45, 7) is 2.18. The third-order valence-corrected chi connectivity index (χ3v) is 4.24. The normalized spacial score (nSPS) is 13.1. The second kappa shape index (κ2) is 7.61. The van der Waals surface area contributed by atoms with Crippen molar-refractivity contribution >= 4 is 29.4 Å². The fourth-order valence-electron chi connectivity index (χ4n) is 2.70. The van der Waals surface area contributed by atoms with E-state index < -0.39 is 5.97 Å². The summed E-state index contributed by atoms with van der Waals surface area (Å²) in [5.74, 6) is -0.723. The van der Waals surface area contributed by atoms with Crippen LogP contribution in [0, 0.1) is 0 Å². The maximum Gasteiger partial charge on any atom is 0.342 e. The molecule has 2 amide bonds. The number of imide groups is 1. The summed E-state index contributed by atoms with van der Waals surface area (Å²) in [6, 6.07) is 6.75. The molecule has 0 saturated heterocycles. The van der Waals surface area contributed by atoms with Crippen molar-refractivity contribution in [3.05, 3.63) is 58.1 Å². The van der Waals surface area contributed by atoms with Crippen molar-refractivity contribution in [3.8, 4) is 0 Å². The van der Waals surface area contributed by atoms with Crippen LogP contribution in [0.4, 0.5) is 0 Å². The molecule has 3 rings (SSSR count). The molecule has 7 nitrogen and oxygen atoms in total. The third kappa shape index (κ3) is 3.43. The van der Waals surface area contributed by atoms with Gasteiger partial charge in [-0.15, -0.1) is 0 Å². The van der Waals surface area contributed by atoms with Gasteiger partial charge in [-0.2, -0.15) is 0 Å². The lowest BCUT2D eigenvalue weighted by Gasteiger charge is -2.13. The number of rotatable bonds is 6. The van der Waals surface area contributed by atoms with Crippen molar-refractivity contribution in [2.75, 3.05) is 13.2 Å². The van der Waals surface area contributed by atoms with E-state index in [1.165, 1.54) is 11.1 Å². The van der Waals surface area contributed by atoms with E-state index in [0.717, 1.165) is 0 Å². The van der Waals surface area contributed by atoms with E-state index >= 15 is 0 Å². The number of halogens is 1. The number of aryl methyl sites for hydroxylation is 1. The number of esters is 1. The van der Waals surface area contributed by atoms with Crippen LogP contribution in [0.3, 0.4) is 0 Å². The Labute approximate surface area is 155 Å². The molecule has 1 aliphatic rings. The minimum atomic E-state index is -0.574. The van der Waals surface area contributed by atoms with E-state index in [0.29, 0.717) is 29.8 Å². The summed E-state index contributed by atoms with van der Waals surface area (Å²) in [4.78, 5) is 45.7. The average molecular weight is 374 g/mol. The number of carbonyl (C=O) groups excluding carboxylic acids is 3. The highest BCUT2D eigenvalue weighted by atomic mass is 35.5. The van der Waals surface area contributed by atoms with Crippen LogP contribution in [0.2, 0.25) is 5.15 Å². The molecular weight excluding hydrogens is 358 g/mol. The number of nitrogens with zero attached hydrogens (tertiary/aromatic N) is 3. The lowest BCUT2D eigenvalue weighted by Crippen LogP contribution is -2.31. The van der Waals surface area contributed by atoms with E-state index in [4.69, 9.17) is 16.3 Å². The van der Waals surface area contributed by atoms with Crippen molar-refractivity contribution in [2.24, 2.45) is 0 Å². The Hall–Kier alpha value is -2.80. The predicted molar refractivity (Wildman–Crippen MR) is 93.1 cm³/mol. The molecule has 134 valence electrons. The third-order valence-electron chi connectivity index (χ3n) is 3.95. The molecule has 2 aromatic rings. The quantitative estimate of drug-likeness (QED) is 0.439. The van der Waals surface area contributed by atoms with Crippen LogP contribution in [0.15, 0.2) is 30.5 Å². The van der Waals surface area contributed by atoms with Gasteiger partial charge < -0.3 is 4.74 Å². The summed E-state index contributed by atoms with van der Waals surface area (Å²) in [6.07, 6.45) is 2.22. The first-order chi connectivity index (χ1) is 12.5. The molecule has 1 aromatic carbocycles. The number of hydrogen-bond donors (Lipinski definition) is 0. The highest BCUT2D eigenvalue weighted by Crippen LogP contribution is 2.22. The molecule has 0 spiro atoms. The minimum absolute atomic E-state index is 0.0224. The van der Waals surface area contributed by atoms with Gasteiger partial charge in [0.15, 0.2) is 0 Å². The second-order valence-corrected chi connectivity index (χ2v) is 5.98. The molecule has 0 aliphatic carbocycles. The van der Waals surface area contributed by atoms with E-state index in [1.807, 2.05) is 0 Å². The lowest BCUT2D eigenvalue weighted by atomic mass is 10.1. The topological polar surface area (TPSA) is 89.5 Å². The van der Waals surface area contributed by atoms with Crippen LogP contribution in [-0.2, 0) is 11.2 Å². The molecule has 0 unspecified atom stereocenters. The zero-order valence-corrected chi connectivity index (χ0v) is 14.8. The van der Waals surface area contributed by atoms with Crippen LogP contribution in [0.25, 0.3) is 0 Å². The van der Waals surface area contributed by atoms with Gasteiger partial charge in [0.1, 0.15) is 16.5 Å². The van der Waals surface area contributed by atoms with Gasteiger partial charge >= 0.3 is 5.97 Å². The van der Waals surface area contributed by atoms with Crippen LogP contribution >= 0.6 is 11.6 Å². The molecule has 8 heteroatoms. The molecule has 2 heterocycles. The standard InChI is InChI=1S/C18H16ClN3O4/c1-2-26-18(25)13-10-20-14(21-15(13)19)8-5-9-22-16(23)11-6-3-4-7-12(11)17(22)24/h3-4,6-7,10H,2,5,8-9H2,1H3. The zero-order valence-electron chi connectivity index (χ0n) is 14.1. The molecular formula is C18H16ClN3O4. The van der Waals surface area contributed by atoms with Gasteiger partial charge in [0.05, 0.1) is 17.7 Å². The van der Waals surface area contributed by atoms with Crippen molar-refractivity contribution in [3.63, 3.8) is 0 Å². The number of hydrogen-bond acceptors (Lipinski definition) is 6. The van der Waals surface area contributed by atoms with Crippen molar-refractivity contribution < 1.29 is 19.1 Å². The average Bonchev–Trinajstić information content (AvgIpc) is 2.87. The summed E-state index contributed by atoms with van der Waals surface area (Å²) in [5, 5.41) is 0.0224. The van der Waals surface area contributed by atoms with Gasteiger partial charge in [0, 0.05) is 19.2 Å². The SMILES string of the molecule is CCOC(=O)c1cnc(CCCN2C(=O)c3ccccc3C2=O)nc1Cl. The molecule has 26 heavy (non-hydrogen) atoms. The monoisotopic (exact) mass is 373 g/mol. The van der Waals surface area contributed by atoms with Crippen molar-refractivity contribution in [2.45, 2.75) is 19.8 Å². The first-order valence-electron chi connectivity index (χ1n) is 8.16. The number of aromatic nitrogens is 2. The van der Waals surface area contributed by atoms with Gasteiger partial charge in [-0.25, -0.2) is 14.8 Å². The Morgan fingerprint density at radius 2 is 1.85 bits per heavy atom. The number of carbonyl (C=O) groups is 3. The van der Waals surface area contributed by atoms with E-state index in [9.17, 15) is 14.4 Å². The van der Waals surface area contributed by atoms with Gasteiger partial charge in [-0.3, -0.25) is 14.5 Å². The first kappa shape index (κ1) is 18.0. The van der Waals surface area contributed by atoms with E-state index in [1.54, 1.807) is 31.2 Å². The summed E-state index contributed by atoms with van der Waals surface area (Å²) >= 11 is 6.00. The highest BCUT2D eigenvalue weighted by Gasteiger charge is 2.34. The second-order valence-electron chi connectivity index (χ2n) is 5.62. The van der Waals surface area contributed by atoms with Gasteiger partial charge in [-0.1, -0.05) is 23.7 Å². The number of fused-ring (bicyclic) bond motifs is 1. The van der Waals surface area contributed by atoms with Gasteiger partial charge in [-0.05, 0) is 25.5 Å². The number of benzene rings is 1. The Morgan fingerprint density at radius 1 is 1.19 bits per heavy atom. The maximum atomic E-state index is 12.3. The molecule has 0 bridgehead atoms. The maximum absolute atomic E-state index is 12.3. The highest BCUT2D eigenvalue weighted by molar-refractivity contribution is 6.32. The van der Waals surface area contributed by atoms with Crippen molar-refractivity contribution in [1.82, 2.24) is 14.9 Å². The largest absolute Gasteiger partial charge is 0.462 e. The van der Waals surface area contributed by atoms with Gasteiger partial charge in [0.25, 0.3) is 11.8 Å². The Kier molecular flexibility index (Phi) is 5.27. The van der Waals surface area contributed by atoms with Gasteiger partial charge in [0.2, 0.25) is 0 Å². The molecule has 0 atom stereocenters. The molecule has 0 fully saturated rings. The minimum Gasteiger partial charge on any atom is -0.462 e. The molecule has 1 aromatic heterocycles. The zero-order chi connectivity index (χ0) is 18.7. The Bertz CT molecular complexity index is 849. The fraction of sp³-hybridized carbons (Fsp3) is 0.278. The Morgan fingerprint density at radius 3 is 2.42 bits per heavy atom. The van der Waals surface area contributed by atoms with Crippen LogP contribution < -0.4 is 0 Å². The molecule has 0 radical (unpaired) electrons. The molecule has 0 saturated carbocycles. The van der Waals surface area contributed by atoms with E-state index in [-0.39, 0.29) is 35.7 Å². The summed E-state index contributed by atoms with van der Waals surface area (Å²) in [5.41, 5.74) is 0.962. The summed E-state index contributed by atoms with van der Waals surface area (Å²) in [7, 11) is 0. The van der Waals surface area contributed by atoms with Crippen LogP contribution in [-0.4, -0.2) is 45.8 Å². The van der Waals surface area contributed by atoms with Crippen LogP contribution in [0.5, 0.6) is 0 Å².